The van der Waals surface area contributed by atoms with E-state index >= 15 is 0 Å². The van der Waals surface area contributed by atoms with Gasteiger partial charge in [-0.15, -0.1) is 5.10 Å². The Hall–Kier alpha value is -2.64. The molecule has 0 radical (unpaired) electrons. The van der Waals surface area contributed by atoms with Crippen LogP contribution in [0.3, 0.4) is 0 Å². The lowest BCUT2D eigenvalue weighted by Crippen LogP contribution is -2.26. The first-order chi connectivity index (χ1) is 11.0. The summed E-state index contributed by atoms with van der Waals surface area (Å²) in [6.45, 7) is 1.91. The van der Waals surface area contributed by atoms with Gasteiger partial charge in [0, 0.05) is 7.05 Å². The summed E-state index contributed by atoms with van der Waals surface area (Å²) in [6, 6.07) is 1.97. The van der Waals surface area contributed by atoms with Crippen LogP contribution in [0.2, 0.25) is 0 Å². The molecule has 8 nitrogen and oxygen atoms in total. The summed E-state index contributed by atoms with van der Waals surface area (Å²) < 4.78 is 11.9. The second kappa shape index (κ2) is 5.86. The Bertz CT molecular complexity index is 744. The molecular formula is C15H18N4O4. The molecule has 0 aliphatic heterocycles. The third kappa shape index (κ3) is 3.10. The second-order valence-corrected chi connectivity index (χ2v) is 5.65. The fourth-order valence-corrected chi connectivity index (χ4v) is 2.33. The number of amides is 1. The highest BCUT2D eigenvalue weighted by atomic mass is 16.5. The Morgan fingerprint density at radius 3 is 2.87 bits per heavy atom. The molecule has 122 valence electrons. The molecule has 3 rings (SSSR count). The fraction of sp³-hybridized carbons (Fsp3) is 0.467. The number of ether oxygens (including phenoxy) is 1. The van der Waals surface area contributed by atoms with Crippen LogP contribution in [0.5, 0.6) is 0 Å². The average Bonchev–Trinajstić information content (AvgIpc) is 3.15. The predicted octanol–water partition coefficient (Wildman–Crippen LogP) is 1.57. The van der Waals surface area contributed by atoms with Gasteiger partial charge in [0.15, 0.2) is 5.69 Å². The quantitative estimate of drug-likeness (QED) is 0.777. The Morgan fingerprint density at radius 1 is 1.48 bits per heavy atom. The first kappa shape index (κ1) is 15.3. The number of aryl methyl sites for hydroxylation is 1. The summed E-state index contributed by atoms with van der Waals surface area (Å²) in [5.74, 6) is 0.269. The number of rotatable bonds is 5. The lowest BCUT2D eigenvalue weighted by atomic mass is 10.2. The van der Waals surface area contributed by atoms with Gasteiger partial charge in [0.1, 0.15) is 17.1 Å². The zero-order valence-electron chi connectivity index (χ0n) is 13.3. The van der Waals surface area contributed by atoms with Gasteiger partial charge in [0.25, 0.3) is 5.91 Å². The number of esters is 1. The molecular weight excluding hydrogens is 300 g/mol. The maximum atomic E-state index is 12.4. The molecule has 1 saturated carbocycles. The molecule has 0 spiro atoms. The van der Waals surface area contributed by atoms with Crippen molar-refractivity contribution in [3.8, 4) is 0 Å². The molecule has 0 aromatic carbocycles. The molecule has 0 bridgehead atoms. The molecule has 23 heavy (non-hydrogen) atoms. The van der Waals surface area contributed by atoms with E-state index in [1.807, 2.05) is 0 Å². The van der Waals surface area contributed by atoms with Crippen molar-refractivity contribution in [3.05, 3.63) is 35.0 Å². The molecule has 1 fully saturated rings. The largest absolute Gasteiger partial charge is 0.465 e. The summed E-state index contributed by atoms with van der Waals surface area (Å²) in [5.41, 5.74) is 0.666. The number of carbonyl (C=O) groups excluding carboxylic acids is 2. The second-order valence-electron chi connectivity index (χ2n) is 5.65. The summed E-state index contributed by atoms with van der Waals surface area (Å²) in [5, 5.41) is 7.90. The molecule has 1 amide bonds. The van der Waals surface area contributed by atoms with Crippen molar-refractivity contribution in [2.45, 2.75) is 32.4 Å². The molecule has 2 aromatic rings. The zero-order chi connectivity index (χ0) is 16.6. The van der Waals surface area contributed by atoms with E-state index in [0.717, 1.165) is 12.8 Å². The van der Waals surface area contributed by atoms with Crippen molar-refractivity contribution in [2.24, 2.45) is 0 Å². The third-order valence-corrected chi connectivity index (χ3v) is 3.76. The van der Waals surface area contributed by atoms with Crippen molar-refractivity contribution in [2.75, 3.05) is 14.2 Å². The molecule has 8 heteroatoms. The van der Waals surface area contributed by atoms with Crippen molar-refractivity contribution < 1.29 is 18.7 Å². The van der Waals surface area contributed by atoms with E-state index in [0.29, 0.717) is 28.8 Å². The highest BCUT2D eigenvalue weighted by Gasteiger charge is 2.27. The standard InChI is InChI=1S/C15H18N4O4/c1-9-12(15(21)22-3)6-11(23-9)7-18(2)14(20)13-8-19(17-16-13)10-4-5-10/h6,8,10H,4-5,7H2,1-3H3. The van der Waals surface area contributed by atoms with Crippen molar-refractivity contribution in [1.29, 1.82) is 0 Å². The number of carbonyl (C=O) groups is 2. The molecule has 2 heterocycles. The number of aromatic nitrogens is 3. The van der Waals surface area contributed by atoms with Crippen LogP contribution in [0.25, 0.3) is 0 Å². The van der Waals surface area contributed by atoms with Crippen LogP contribution < -0.4 is 0 Å². The van der Waals surface area contributed by atoms with Gasteiger partial charge in [-0.2, -0.15) is 0 Å². The van der Waals surface area contributed by atoms with E-state index < -0.39 is 5.97 Å². The summed E-state index contributed by atoms with van der Waals surface area (Å²) >= 11 is 0. The van der Waals surface area contributed by atoms with E-state index in [-0.39, 0.29) is 12.5 Å². The molecule has 1 aliphatic rings. The van der Waals surface area contributed by atoms with Gasteiger partial charge in [0.2, 0.25) is 0 Å². The number of hydrogen-bond acceptors (Lipinski definition) is 6. The number of hydrogen-bond donors (Lipinski definition) is 0. The molecule has 2 aromatic heterocycles. The third-order valence-electron chi connectivity index (χ3n) is 3.76. The van der Waals surface area contributed by atoms with E-state index in [1.165, 1.54) is 12.0 Å². The van der Waals surface area contributed by atoms with Crippen molar-refractivity contribution >= 4 is 11.9 Å². The monoisotopic (exact) mass is 318 g/mol. The minimum atomic E-state index is -0.459. The van der Waals surface area contributed by atoms with E-state index in [2.05, 4.69) is 15.0 Å². The first-order valence-electron chi connectivity index (χ1n) is 7.34. The molecule has 0 atom stereocenters. The van der Waals surface area contributed by atoms with Gasteiger partial charge in [-0.05, 0) is 25.8 Å². The lowest BCUT2D eigenvalue weighted by Gasteiger charge is -2.13. The molecule has 0 saturated heterocycles. The number of methoxy groups -OCH3 is 1. The van der Waals surface area contributed by atoms with Gasteiger partial charge < -0.3 is 14.1 Å². The SMILES string of the molecule is COC(=O)c1cc(CN(C)C(=O)c2cn(C3CC3)nn2)oc1C. The summed E-state index contributed by atoms with van der Waals surface area (Å²) in [6.07, 6.45) is 3.83. The van der Waals surface area contributed by atoms with Crippen LogP contribution in [0.4, 0.5) is 0 Å². The Balaban J connectivity index is 1.69. The van der Waals surface area contributed by atoms with Crippen LogP contribution in [-0.2, 0) is 11.3 Å². The van der Waals surface area contributed by atoms with Crippen molar-refractivity contribution in [1.82, 2.24) is 19.9 Å². The van der Waals surface area contributed by atoms with Gasteiger partial charge in [-0.3, -0.25) is 4.79 Å². The van der Waals surface area contributed by atoms with Crippen molar-refractivity contribution in [3.63, 3.8) is 0 Å². The Morgan fingerprint density at radius 2 is 2.22 bits per heavy atom. The molecule has 1 aliphatic carbocycles. The molecule has 0 unspecified atom stereocenters. The smallest absolute Gasteiger partial charge is 0.341 e. The maximum Gasteiger partial charge on any atom is 0.341 e. The average molecular weight is 318 g/mol. The molecule has 0 N–H and O–H groups in total. The number of nitrogens with zero attached hydrogens (tertiary/aromatic N) is 4. The fourth-order valence-electron chi connectivity index (χ4n) is 2.33. The van der Waals surface area contributed by atoms with E-state index in [4.69, 9.17) is 4.42 Å². The van der Waals surface area contributed by atoms with Crippen LogP contribution in [0, 0.1) is 6.92 Å². The number of furan rings is 1. The van der Waals surface area contributed by atoms with E-state index in [9.17, 15) is 9.59 Å². The van der Waals surface area contributed by atoms with Crippen LogP contribution >= 0.6 is 0 Å². The summed E-state index contributed by atoms with van der Waals surface area (Å²) in [7, 11) is 2.96. The summed E-state index contributed by atoms with van der Waals surface area (Å²) in [4.78, 5) is 25.4. The van der Waals surface area contributed by atoms with Gasteiger partial charge >= 0.3 is 5.97 Å². The van der Waals surface area contributed by atoms with Gasteiger partial charge in [0.05, 0.1) is 25.9 Å². The predicted molar refractivity (Wildman–Crippen MR) is 78.9 cm³/mol. The lowest BCUT2D eigenvalue weighted by molar-refractivity contribution is 0.0598. The Labute approximate surface area is 133 Å². The highest BCUT2D eigenvalue weighted by Crippen LogP contribution is 2.33. The maximum absolute atomic E-state index is 12.4. The van der Waals surface area contributed by atoms with Crippen LogP contribution in [0.15, 0.2) is 16.7 Å². The Kier molecular flexibility index (Phi) is 3.89. The minimum Gasteiger partial charge on any atom is -0.465 e. The van der Waals surface area contributed by atoms with Crippen LogP contribution in [0.1, 0.15) is 51.3 Å². The first-order valence-corrected chi connectivity index (χ1v) is 7.34. The van der Waals surface area contributed by atoms with Gasteiger partial charge in [-0.1, -0.05) is 5.21 Å². The minimum absolute atomic E-state index is 0.229. The van der Waals surface area contributed by atoms with Gasteiger partial charge in [-0.25, -0.2) is 9.48 Å². The van der Waals surface area contributed by atoms with E-state index in [1.54, 1.807) is 30.9 Å². The topological polar surface area (TPSA) is 90.5 Å². The normalized spacial score (nSPS) is 13.9. The highest BCUT2D eigenvalue weighted by molar-refractivity contribution is 5.92. The van der Waals surface area contributed by atoms with Crippen LogP contribution in [-0.4, -0.2) is 45.9 Å². The zero-order valence-corrected chi connectivity index (χ0v) is 13.3.